The van der Waals surface area contributed by atoms with Crippen LogP contribution in [-0.2, 0) is 11.6 Å². The summed E-state index contributed by atoms with van der Waals surface area (Å²) in [4.78, 5) is 2.19. The van der Waals surface area contributed by atoms with E-state index >= 15 is 0 Å². The van der Waals surface area contributed by atoms with Gasteiger partial charge in [0.05, 0.1) is 22.8 Å². The molecule has 0 saturated carbocycles. The van der Waals surface area contributed by atoms with Gasteiger partial charge in [-0.2, -0.15) is 18.3 Å². The Morgan fingerprint density at radius 3 is 2.32 bits per heavy atom. The summed E-state index contributed by atoms with van der Waals surface area (Å²) in [6.45, 7) is 9.86. The first-order valence-electron chi connectivity index (χ1n) is 11.4. The van der Waals surface area contributed by atoms with Crippen LogP contribution in [0.2, 0.25) is 0 Å². The fourth-order valence-corrected chi connectivity index (χ4v) is 8.84. The molecule has 0 radical (unpaired) electrons. The quantitative estimate of drug-likeness (QED) is 0.423. The van der Waals surface area contributed by atoms with Crippen molar-refractivity contribution in [2.75, 3.05) is 32.1 Å². The zero-order chi connectivity index (χ0) is 24.9. The van der Waals surface area contributed by atoms with Crippen LogP contribution in [0, 0.1) is 0 Å². The van der Waals surface area contributed by atoms with E-state index in [0.29, 0.717) is 18.8 Å². The maximum atomic E-state index is 13.5. The number of benzene rings is 2. The van der Waals surface area contributed by atoms with E-state index in [1.165, 1.54) is 11.6 Å². The van der Waals surface area contributed by atoms with Gasteiger partial charge in [0.25, 0.3) is 0 Å². The normalized spacial score (nSPS) is 23.7. The molecule has 0 bridgehead atoms. The number of hydrogen-bond donors (Lipinski definition) is 0. The third-order valence-corrected chi connectivity index (χ3v) is 10.5. The van der Waals surface area contributed by atoms with Crippen molar-refractivity contribution < 1.29 is 13.2 Å². The Kier molecular flexibility index (Phi) is 6.19. The molecule has 9 heteroatoms. The van der Waals surface area contributed by atoms with Crippen molar-refractivity contribution in [2.24, 2.45) is 9.85 Å². The average molecular weight is 490 g/mol. The Hall–Kier alpha value is -2.57. The Morgan fingerprint density at radius 2 is 1.71 bits per heavy atom. The van der Waals surface area contributed by atoms with E-state index < -0.39 is 19.1 Å². The average Bonchev–Trinajstić information content (AvgIpc) is 3.20. The summed E-state index contributed by atoms with van der Waals surface area (Å²) in [6.07, 6.45) is -2.57. The monoisotopic (exact) mass is 489 g/mol. The smallest absolute Gasteiger partial charge is 0.346 e. The van der Waals surface area contributed by atoms with Gasteiger partial charge in [-0.15, -0.1) is 0 Å². The minimum absolute atomic E-state index is 0.307. The van der Waals surface area contributed by atoms with Gasteiger partial charge in [0.1, 0.15) is 0 Å². The summed E-state index contributed by atoms with van der Waals surface area (Å²) >= 11 is 0. The number of nitrogens with zero attached hydrogens (tertiary/aromatic N) is 5. The standard InChI is InChI=1S/C25H31F3N5P/c1-7-33(8-2)34(30-19-13-11-12-18(16-19)25(26,27)28)22(17-29-32(34)6)23-24(3,4)20-14-9-10-15-21(20)31(23)5/h9-17H,7-8H2,1-6H3. The highest BCUT2D eigenvalue weighted by Crippen LogP contribution is 2.69. The summed E-state index contributed by atoms with van der Waals surface area (Å²) in [6, 6.07) is 13.6. The first kappa shape index (κ1) is 24.6. The van der Waals surface area contributed by atoms with Gasteiger partial charge < -0.3 is 4.90 Å². The molecule has 2 aliphatic heterocycles. The van der Waals surface area contributed by atoms with Gasteiger partial charge in [0.2, 0.25) is 0 Å². The number of anilines is 1. The van der Waals surface area contributed by atoms with Gasteiger partial charge in [0.15, 0.2) is 7.36 Å². The molecule has 2 aromatic rings. The lowest BCUT2D eigenvalue weighted by molar-refractivity contribution is -0.137. The van der Waals surface area contributed by atoms with Crippen LogP contribution in [0.25, 0.3) is 0 Å². The van der Waals surface area contributed by atoms with Crippen molar-refractivity contribution >= 4 is 24.9 Å². The Bertz CT molecular complexity index is 1210. The van der Waals surface area contributed by atoms with E-state index in [2.05, 4.69) is 54.5 Å². The summed E-state index contributed by atoms with van der Waals surface area (Å²) in [5.41, 5.74) is 2.70. The van der Waals surface area contributed by atoms with E-state index in [1.807, 2.05) is 37.2 Å². The fraction of sp³-hybridized carbons (Fsp3) is 0.400. The SMILES string of the molecule is CCN(CC)P1(=Nc2cccc(C(F)(F)F)c2)C(=C2N(C)c3ccccc3C2(C)C)C=NN1C. The van der Waals surface area contributed by atoms with Crippen molar-refractivity contribution in [1.82, 2.24) is 9.45 Å². The maximum Gasteiger partial charge on any atom is 0.416 e. The molecule has 2 aromatic carbocycles. The lowest BCUT2D eigenvalue weighted by Crippen LogP contribution is -2.30. The second-order valence-electron chi connectivity index (χ2n) is 9.02. The number of alkyl halides is 3. The molecule has 1 unspecified atom stereocenters. The van der Waals surface area contributed by atoms with E-state index in [4.69, 9.17) is 4.74 Å². The molecule has 5 nitrogen and oxygen atoms in total. The van der Waals surface area contributed by atoms with Gasteiger partial charge in [-0.05, 0) is 29.8 Å². The molecule has 0 spiro atoms. The van der Waals surface area contributed by atoms with Gasteiger partial charge in [-0.25, -0.2) is 14.2 Å². The molecule has 4 rings (SSSR count). The summed E-state index contributed by atoms with van der Waals surface area (Å²) < 4.78 is 49.7. The molecular weight excluding hydrogens is 458 g/mol. The van der Waals surface area contributed by atoms with Gasteiger partial charge in [-0.1, -0.05) is 52.0 Å². The lowest BCUT2D eigenvalue weighted by atomic mass is 9.84. The van der Waals surface area contributed by atoms with Crippen molar-refractivity contribution in [3.8, 4) is 0 Å². The number of halogens is 3. The number of rotatable bonds is 4. The molecule has 0 aliphatic carbocycles. The predicted octanol–water partition coefficient (Wildman–Crippen LogP) is 7.28. The molecule has 2 aliphatic rings. The Balaban J connectivity index is 2.05. The zero-order valence-corrected chi connectivity index (χ0v) is 21.3. The molecule has 0 aromatic heterocycles. The van der Waals surface area contributed by atoms with E-state index in [1.54, 1.807) is 6.07 Å². The van der Waals surface area contributed by atoms with Crippen molar-refractivity contribution in [3.63, 3.8) is 0 Å². The predicted molar refractivity (Wildman–Crippen MR) is 135 cm³/mol. The second-order valence-corrected chi connectivity index (χ2v) is 12.0. The molecule has 1 atom stereocenters. The van der Waals surface area contributed by atoms with Crippen LogP contribution in [-0.4, -0.2) is 42.8 Å². The van der Waals surface area contributed by atoms with E-state index in [9.17, 15) is 13.2 Å². The molecule has 0 amide bonds. The minimum atomic E-state index is -4.43. The zero-order valence-electron chi connectivity index (χ0n) is 20.4. The van der Waals surface area contributed by atoms with E-state index in [0.717, 1.165) is 28.8 Å². The molecule has 0 fully saturated rings. The van der Waals surface area contributed by atoms with Crippen molar-refractivity contribution in [3.05, 3.63) is 70.7 Å². The fourth-order valence-electron chi connectivity index (χ4n) is 5.14. The first-order chi connectivity index (χ1) is 16.0. The number of allylic oxidation sites excluding steroid dienone is 2. The highest BCUT2D eigenvalue weighted by molar-refractivity contribution is 7.67. The number of likely N-dealkylation sites (N-methyl/N-ethyl adjacent to an activating group) is 1. The third-order valence-electron chi connectivity index (χ3n) is 6.74. The number of fused-ring (bicyclic) bond motifs is 1. The topological polar surface area (TPSA) is 34.4 Å². The number of hydrogen-bond acceptors (Lipinski definition) is 3. The van der Waals surface area contributed by atoms with Crippen LogP contribution in [0.5, 0.6) is 0 Å². The summed E-state index contributed by atoms with van der Waals surface area (Å²) in [7, 11) is 1.22. The number of para-hydroxylation sites is 1. The minimum Gasteiger partial charge on any atom is -0.346 e. The van der Waals surface area contributed by atoms with Crippen molar-refractivity contribution in [1.29, 1.82) is 0 Å². The third kappa shape index (κ3) is 3.68. The van der Waals surface area contributed by atoms with Gasteiger partial charge >= 0.3 is 6.18 Å². The molecule has 182 valence electrons. The molecule has 34 heavy (non-hydrogen) atoms. The van der Waals surface area contributed by atoms with Crippen LogP contribution in [0.3, 0.4) is 0 Å². The van der Waals surface area contributed by atoms with Crippen LogP contribution in [0.1, 0.15) is 38.8 Å². The van der Waals surface area contributed by atoms with Crippen LogP contribution >= 0.6 is 7.36 Å². The van der Waals surface area contributed by atoms with E-state index in [-0.39, 0.29) is 5.41 Å². The largest absolute Gasteiger partial charge is 0.416 e. The second kappa shape index (κ2) is 8.58. The maximum absolute atomic E-state index is 13.5. The summed E-state index contributed by atoms with van der Waals surface area (Å²) in [5, 5.41) is 5.65. The lowest BCUT2D eigenvalue weighted by Gasteiger charge is -2.39. The molecule has 2 heterocycles. The molecule has 0 saturated heterocycles. The van der Waals surface area contributed by atoms with Crippen molar-refractivity contribution in [2.45, 2.75) is 39.3 Å². The van der Waals surface area contributed by atoms with Crippen LogP contribution < -0.4 is 4.90 Å². The highest BCUT2D eigenvalue weighted by Gasteiger charge is 2.47. The van der Waals surface area contributed by atoms with Gasteiger partial charge in [-0.3, -0.25) is 0 Å². The van der Waals surface area contributed by atoms with Crippen LogP contribution in [0.4, 0.5) is 24.5 Å². The Labute approximate surface area is 199 Å². The molecule has 0 N–H and O–H groups in total. The summed E-state index contributed by atoms with van der Waals surface area (Å²) in [5.74, 6) is 0. The Morgan fingerprint density at radius 1 is 1.03 bits per heavy atom. The number of hydrazone groups is 1. The van der Waals surface area contributed by atoms with Crippen LogP contribution in [0.15, 0.2) is 69.4 Å². The highest BCUT2D eigenvalue weighted by atomic mass is 31.2. The first-order valence-corrected chi connectivity index (χ1v) is 13.0. The van der Waals surface area contributed by atoms with Gasteiger partial charge in [0, 0.05) is 44.0 Å². The molecular formula is C25H31F3N5P.